The fraction of sp³-hybridized carbons (Fsp3) is 0.444. The minimum atomic E-state index is -0.609. The standard InChI is InChI=1S/C9H10BrNO4S/c1-9(2,3)15-8(12)6-4-5(11(13)14)7(10)16-6/h4H,1-3H3. The molecule has 0 atom stereocenters. The number of rotatable bonds is 2. The van der Waals surface area contributed by atoms with E-state index in [9.17, 15) is 14.9 Å². The molecule has 1 heterocycles. The van der Waals surface area contributed by atoms with Crippen molar-refractivity contribution in [1.82, 2.24) is 0 Å². The number of halogens is 1. The van der Waals surface area contributed by atoms with Crippen LogP contribution in [0.3, 0.4) is 0 Å². The fourth-order valence-electron chi connectivity index (χ4n) is 0.913. The molecule has 7 heteroatoms. The van der Waals surface area contributed by atoms with Gasteiger partial charge in [-0.15, -0.1) is 11.3 Å². The van der Waals surface area contributed by atoms with E-state index in [2.05, 4.69) is 15.9 Å². The van der Waals surface area contributed by atoms with Gasteiger partial charge in [0.05, 0.1) is 4.92 Å². The average molecular weight is 308 g/mol. The molecular weight excluding hydrogens is 298 g/mol. The Morgan fingerprint density at radius 3 is 2.50 bits per heavy atom. The van der Waals surface area contributed by atoms with Crippen molar-refractivity contribution < 1.29 is 14.5 Å². The Morgan fingerprint density at radius 2 is 2.12 bits per heavy atom. The normalized spacial score (nSPS) is 11.2. The lowest BCUT2D eigenvalue weighted by Crippen LogP contribution is -2.23. The molecule has 0 saturated carbocycles. The largest absolute Gasteiger partial charge is 0.456 e. The Labute approximate surface area is 105 Å². The van der Waals surface area contributed by atoms with E-state index in [1.807, 2.05) is 0 Å². The molecular formula is C9H10BrNO4S. The summed E-state index contributed by atoms with van der Waals surface area (Å²) in [6, 6.07) is 1.21. The van der Waals surface area contributed by atoms with Crippen molar-refractivity contribution >= 4 is 38.9 Å². The molecule has 0 fully saturated rings. The van der Waals surface area contributed by atoms with Crippen molar-refractivity contribution in [3.8, 4) is 0 Å². The van der Waals surface area contributed by atoms with E-state index in [1.54, 1.807) is 20.8 Å². The van der Waals surface area contributed by atoms with Crippen LogP contribution in [-0.2, 0) is 4.74 Å². The van der Waals surface area contributed by atoms with Gasteiger partial charge in [0, 0.05) is 6.07 Å². The van der Waals surface area contributed by atoms with Gasteiger partial charge >= 0.3 is 5.97 Å². The fourth-order valence-corrected chi connectivity index (χ4v) is 2.42. The number of nitro groups is 1. The summed E-state index contributed by atoms with van der Waals surface area (Å²) < 4.78 is 5.42. The maximum Gasteiger partial charge on any atom is 0.349 e. The van der Waals surface area contributed by atoms with Crippen molar-refractivity contribution in [2.45, 2.75) is 26.4 Å². The molecule has 0 N–H and O–H groups in total. The van der Waals surface area contributed by atoms with Gasteiger partial charge in [-0.2, -0.15) is 0 Å². The van der Waals surface area contributed by atoms with Crippen LogP contribution in [0.5, 0.6) is 0 Å². The molecule has 0 unspecified atom stereocenters. The number of carbonyl (C=O) groups excluding carboxylic acids is 1. The van der Waals surface area contributed by atoms with Crippen molar-refractivity contribution in [2.24, 2.45) is 0 Å². The average Bonchev–Trinajstić information content (AvgIpc) is 2.44. The first-order valence-corrected chi connectivity index (χ1v) is 5.99. The van der Waals surface area contributed by atoms with E-state index in [4.69, 9.17) is 4.74 Å². The lowest BCUT2D eigenvalue weighted by Gasteiger charge is -2.18. The smallest absolute Gasteiger partial charge is 0.349 e. The number of hydrogen-bond acceptors (Lipinski definition) is 5. The molecule has 0 aromatic carbocycles. The summed E-state index contributed by atoms with van der Waals surface area (Å²) in [5, 5.41) is 10.6. The quantitative estimate of drug-likeness (QED) is 0.477. The zero-order valence-corrected chi connectivity index (χ0v) is 11.3. The molecule has 0 radical (unpaired) electrons. The maximum atomic E-state index is 11.6. The van der Waals surface area contributed by atoms with Crippen LogP contribution in [0, 0.1) is 10.1 Å². The van der Waals surface area contributed by atoms with E-state index >= 15 is 0 Å². The van der Waals surface area contributed by atoms with Crippen molar-refractivity contribution in [2.75, 3.05) is 0 Å². The van der Waals surface area contributed by atoms with Crippen LogP contribution in [0.4, 0.5) is 5.69 Å². The lowest BCUT2D eigenvalue weighted by molar-refractivity contribution is -0.385. The summed E-state index contributed by atoms with van der Waals surface area (Å²) in [5.74, 6) is -0.550. The summed E-state index contributed by atoms with van der Waals surface area (Å²) in [4.78, 5) is 21.8. The van der Waals surface area contributed by atoms with Crippen LogP contribution in [0.25, 0.3) is 0 Å². The molecule has 5 nitrogen and oxygen atoms in total. The third-order valence-corrected chi connectivity index (χ3v) is 3.25. The Bertz CT molecular complexity index is 435. The number of ether oxygens (including phenoxy) is 1. The predicted octanol–water partition coefficient (Wildman–Crippen LogP) is 3.37. The number of carbonyl (C=O) groups is 1. The van der Waals surface area contributed by atoms with Crippen LogP contribution in [-0.4, -0.2) is 16.5 Å². The first kappa shape index (κ1) is 13.1. The van der Waals surface area contributed by atoms with Gasteiger partial charge in [0.15, 0.2) is 0 Å². The molecule has 0 spiro atoms. The minimum Gasteiger partial charge on any atom is -0.456 e. The molecule has 16 heavy (non-hydrogen) atoms. The third-order valence-electron chi connectivity index (χ3n) is 1.47. The molecule has 0 bridgehead atoms. The maximum absolute atomic E-state index is 11.6. The second kappa shape index (κ2) is 4.50. The second-order valence-electron chi connectivity index (χ2n) is 4.03. The van der Waals surface area contributed by atoms with Crippen molar-refractivity contribution in [3.05, 3.63) is 24.8 Å². The summed E-state index contributed by atoms with van der Waals surface area (Å²) in [6.07, 6.45) is 0. The monoisotopic (exact) mass is 307 g/mol. The van der Waals surface area contributed by atoms with Gasteiger partial charge in [0.25, 0.3) is 5.69 Å². The van der Waals surface area contributed by atoms with E-state index in [1.165, 1.54) is 6.07 Å². The van der Waals surface area contributed by atoms with E-state index in [0.29, 0.717) is 3.79 Å². The van der Waals surface area contributed by atoms with Crippen molar-refractivity contribution in [3.63, 3.8) is 0 Å². The predicted molar refractivity (Wildman–Crippen MR) is 63.8 cm³/mol. The molecule has 0 saturated heterocycles. The number of thiophene rings is 1. The van der Waals surface area contributed by atoms with Crippen LogP contribution in [0.1, 0.15) is 30.4 Å². The number of esters is 1. The van der Waals surface area contributed by atoms with E-state index < -0.39 is 16.5 Å². The summed E-state index contributed by atoms with van der Waals surface area (Å²) in [7, 11) is 0. The second-order valence-corrected chi connectivity index (χ2v) is 6.40. The van der Waals surface area contributed by atoms with Gasteiger partial charge < -0.3 is 4.74 Å². The van der Waals surface area contributed by atoms with Crippen LogP contribution < -0.4 is 0 Å². The summed E-state index contributed by atoms with van der Waals surface area (Å²) in [6.45, 7) is 5.21. The molecule has 88 valence electrons. The molecule has 1 aromatic rings. The number of hydrogen-bond donors (Lipinski definition) is 0. The Balaban J connectivity index is 2.94. The topological polar surface area (TPSA) is 69.4 Å². The first-order chi connectivity index (χ1) is 7.20. The Kier molecular flexibility index (Phi) is 3.69. The van der Waals surface area contributed by atoms with Gasteiger partial charge in [-0.05, 0) is 36.7 Å². The Hall–Kier alpha value is -0.950. The van der Waals surface area contributed by atoms with E-state index in [-0.39, 0.29) is 10.6 Å². The third kappa shape index (κ3) is 3.28. The van der Waals surface area contributed by atoms with Gasteiger partial charge in [-0.25, -0.2) is 4.79 Å². The first-order valence-electron chi connectivity index (χ1n) is 4.38. The summed E-state index contributed by atoms with van der Waals surface area (Å²) in [5.41, 5.74) is -0.728. The minimum absolute atomic E-state index is 0.120. The summed E-state index contributed by atoms with van der Waals surface area (Å²) >= 11 is 4.03. The van der Waals surface area contributed by atoms with E-state index in [0.717, 1.165) is 11.3 Å². The van der Waals surface area contributed by atoms with Crippen LogP contribution >= 0.6 is 27.3 Å². The van der Waals surface area contributed by atoms with Crippen LogP contribution in [0.2, 0.25) is 0 Å². The highest BCUT2D eigenvalue weighted by atomic mass is 79.9. The van der Waals surface area contributed by atoms with Crippen LogP contribution in [0.15, 0.2) is 9.85 Å². The zero-order chi connectivity index (χ0) is 12.5. The SMILES string of the molecule is CC(C)(C)OC(=O)c1cc([N+](=O)[O-])c(Br)s1. The molecule has 0 aliphatic rings. The van der Waals surface area contributed by atoms with Gasteiger partial charge in [-0.1, -0.05) is 0 Å². The zero-order valence-electron chi connectivity index (χ0n) is 8.94. The molecule has 0 aliphatic heterocycles. The lowest BCUT2D eigenvalue weighted by atomic mass is 10.2. The molecule has 0 aliphatic carbocycles. The van der Waals surface area contributed by atoms with Gasteiger partial charge in [0.2, 0.25) is 0 Å². The highest BCUT2D eigenvalue weighted by molar-refractivity contribution is 9.11. The highest BCUT2D eigenvalue weighted by Gasteiger charge is 2.24. The molecule has 1 aromatic heterocycles. The van der Waals surface area contributed by atoms with Gasteiger partial charge in [-0.3, -0.25) is 10.1 Å². The molecule has 1 rings (SSSR count). The highest BCUT2D eigenvalue weighted by Crippen LogP contribution is 2.34. The van der Waals surface area contributed by atoms with Gasteiger partial charge in [0.1, 0.15) is 14.3 Å². The molecule has 0 amide bonds. The number of nitrogens with zero attached hydrogens (tertiary/aromatic N) is 1. The van der Waals surface area contributed by atoms with Crippen molar-refractivity contribution in [1.29, 1.82) is 0 Å². The Morgan fingerprint density at radius 1 is 1.56 bits per heavy atom.